The van der Waals surface area contributed by atoms with Crippen LogP contribution in [0.3, 0.4) is 0 Å². The Morgan fingerprint density at radius 1 is 1.19 bits per heavy atom. The van der Waals surface area contributed by atoms with Crippen molar-refractivity contribution in [3.8, 4) is 11.5 Å². The Balaban J connectivity index is 1.44. The molecule has 3 N–H and O–H groups in total. The van der Waals surface area contributed by atoms with Crippen molar-refractivity contribution in [2.45, 2.75) is 25.4 Å². The molecule has 1 aliphatic rings. The standard InChI is InChI=1S/C20H25N3O3/c1-26-19-8-7-17(13-18(19)24)22-20(25)21-16-9-11-23(12-10-16)14-15-5-3-2-4-6-15/h2-8,13,16,24H,9-12,14H2,1H3,(H2,21,22,25). The van der Waals surface area contributed by atoms with Crippen LogP contribution in [0, 0.1) is 0 Å². The summed E-state index contributed by atoms with van der Waals surface area (Å²) >= 11 is 0. The molecule has 2 aromatic carbocycles. The number of nitrogens with zero attached hydrogens (tertiary/aromatic N) is 1. The van der Waals surface area contributed by atoms with Crippen LogP contribution in [-0.2, 0) is 6.54 Å². The van der Waals surface area contributed by atoms with Gasteiger partial charge in [-0.15, -0.1) is 0 Å². The number of likely N-dealkylation sites (tertiary alicyclic amines) is 1. The Morgan fingerprint density at radius 3 is 2.58 bits per heavy atom. The number of anilines is 1. The lowest BCUT2D eigenvalue weighted by Crippen LogP contribution is -2.45. The predicted octanol–water partition coefficient (Wildman–Crippen LogP) is 3.19. The van der Waals surface area contributed by atoms with E-state index in [1.54, 1.807) is 12.1 Å². The van der Waals surface area contributed by atoms with E-state index in [0.717, 1.165) is 32.5 Å². The molecule has 0 atom stereocenters. The number of ether oxygens (including phenoxy) is 1. The Kier molecular flexibility index (Phi) is 5.96. The maximum atomic E-state index is 12.2. The van der Waals surface area contributed by atoms with Gasteiger partial charge in [0.1, 0.15) is 0 Å². The number of piperidine rings is 1. The molecule has 1 fully saturated rings. The fourth-order valence-corrected chi connectivity index (χ4v) is 3.20. The van der Waals surface area contributed by atoms with Crippen LogP contribution in [0.1, 0.15) is 18.4 Å². The van der Waals surface area contributed by atoms with Crippen molar-refractivity contribution in [2.24, 2.45) is 0 Å². The summed E-state index contributed by atoms with van der Waals surface area (Å²) in [5, 5.41) is 15.5. The number of rotatable bonds is 5. The molecule has 1 aliphatic heterocycles. The highest BCUT2D eigenvalue weighted by molar-refractivity contribution is 5.89. The van der Waals surface area contributed by atoms with Crippen molar-refractivity contribution in [1.82, 2.24) is 10.2 Å². The number of amides is 2. The maximum Gasteiger partial charge on any atom is 0.319 e. The molecule has 0 spiro atoms. The van der Waals surface area contributed by atoms with Crippen molar-refractivity contribution < 1.29 is 14.6 Å². The van der Waals surface area contributed by atoms with Gasteiger partial charge in [0.05, 0.1) is 7.11 Å². The van der Waals surface area contributed by atoms with Gasteiger partial charge in [-0.25, -0.2) is 4.79 Å². The minimum atomic E-state index is -0.254. The van der Waals surface area contributed by atoms with Gasteiger partial charge in [-0.1, -0.05) is 30.3 Å². The Labute approximate surface area is 153 Å². The van der Waals surface area contributed by atoms with Gasteiger partial charge in [0.15, 0.2) is 11.5 Å². The number of hydrogen-bond acceptors (Lipinski definition) is 4. The van der Waals surface area contributed by atoms with Gasteiger partial charge in [-0.3, -0.25) is 4.90 Å². The molecule has 1 heterocycles. The monoisotopic (exact) mass is 355 g/mol. The van der Waals surface area contributed by atoms with Crippen LogP contribution in [0.4, 0.5) is 10.5 Å². The van der Waals surface area contributed by atoms with Gasteiger partial charge in [0.25, 0.3) is 0 Å². The number of methoxy groups -OCH3 is 1. The Morgan fingerprint density at radius 2 is 1.92 bits per heavy atom. The molecular weight excluding hydrogens is 330 g/mol. The fraction of sp³-hybridized carbons (Fsp3) is 0.350. The van der Waals surface area contributed by atoms with E-state index in [-0.39, 0.29) is 17.8 Å². The third-order valence-corrected chi connectivity index (χ3v) is 4.61. The summed E-state index contributed by atoms with van der Waals surface area (Å²) in [6, 6.07) is 15.1. The van der Waals surface area contributed by atoms with E-state index < -0.39 is 0 Å². The number of phenols is 1. The average Bonchev–Trinajstić information content (AvgIpc) is 2.64. The number of benzene rings is 2. The SMILES string of the molecule is COc1ccc(NC(=O)NC2CCN(Cc3ccccc3)CC2)cc1O. The molecule has 6 heteroatoms. The number of carbonyl (C=O) groups excluding carboxylic acids is 1. The molecule has 0 aromatic heterocycles. The summed E-state index contributed by atoms with van der Waals surface area (Å²) in [4.78, 5) is 14.6. The number of carbonyl (C=O) groups is 1. The molecule has 0 aliphatic carbocycles. The highest BCUT2D eigenvalue weighted by atomic mass is 16.5. The van der Waals surface area contributed by atoms with Crippen LogP contribution in [-0.4, -0.2) is 42.3 Å². The molecule has 26 heavy (non-hydrogen) atoms. The first-order valence-electron chi connectivity index (χ1n) is 8.85. The van der Waals surface area contributed by atoms with Crippen LogP contribution < -0.4 is 15.4 Å². The maximum absolute atomic E-state index is 12.2. The lowest BCUT2D eigenvalue weighted by molar-refractivity contribution is 0.190. The van der Waals surface area contributed by atoms with Crippen LogP contribution in [0.25, 0.3) is 0 Å². The average molecular weight is 355 g/mol. The van der Waals surface area contributed by atoms with Crippen molar-refractivity contribution in [3.05, 3.63) is 54.1 Å². The summed E-state index contributed by atoms with van der Waals surface area (Å²) in [5.41, 5.74) is 1.85. The molecule has 0 radical (unpaired) electrons. The highest BCUT2D eigenvalue weighted by Crippen LogP contribution is 2.28. The summed E-state index contributed by atoms with van der Waals surface area (Å²) in [6.07, 6.45) is 1.85. The van der Waals surface area contributed by atoms with Gasteiger partial charge in [-0.05, 0) is 30.5 Å². The molecule has 138 valence electrons. The van der Waals surface area contributed by atoms with E-state index in [1.165, 1.54) is 18.7 Å². The largest absolute Gasteiger partial charge is 0.504 e. The Bertz CT molecular complexity index is 728. The molecular formula is C20H25N3O3. The van der Waals surface area contributed by atoms with Gasteiger partial charge >= 0.3 is 6.03 Å². The second-order valence-electron chi connectivity index (χ2n) is 6.52. The molecule has 6 nitrogen and oxygen atoms in total. The number of phenolic OH excluding ortho intramolecular Hbond substituents is 1. The third kappa shape index (κ3) is 4.89. The van der Waals surface area contributed by atoms with Gasteiger partial charge in [0, 0.05) is 37.4 Å². The first-order chi connectivity index (χ1) is 12.6. The number of urea groups is 1. The number of hydrogen-bond donors (Lipinski definition) is 3. The van der Waals surface area contributed by atoms with Gasteiger partial charge < -0.3 is 20.5 Å². The fourth-order valence-electron chi connectivity index (χ4n) is 3.20. The summed E-state index contributed by atoms with van der Waals surface area (Å²) in [6.45, 7) is 2.87. The van der Waals surface area contributed by atoms with Crippen LogP contribution >= 0.6 is 0 Å². The minimum absolute atomic E-state index is 0.000444. The number of nitrogens with one attached hydrogen (secondary N) is 2. The van der Waals surface area contributed by atoms with Crippen LogP contribution in [0.2, 0.25) is 0 Å². The number of aromatic hydroxyl groups is 1. The van der Waals surface area contributed by atoms with E-state index in [0.29, 0.717) is 11.4 Å². The minimum Gasteiger partial charge on any atom is -0.504 e. The molecule has 2 aromatic rings. The molecule has 1 saturated heterocycles. The van der Waals surface area contributed by atoms with Crippen molar-refractivity contribution in [1.29, 1.82) is 0 Å². The molecule has 0 bridgehead atoms. The smallest absolute Gasteiger partial charge is 0.319 e. The van der Waals surface area contributed by atoms with Crippen LogP contribution in [0.15, 0.2) is 48.5 Å². The van der Waals surface area contributed by atoms with Crippen molar-refractivity contribution >= 4 is 11.7 Å². The predicted molar refractivity (Wildman–Crippen MR) is 102 cm³/mol. The Hall–Kier alpha value is -2.73. The quantitative estimate of drug-likeness (QED) is 0.770. The zero-order valence-electron chi connectivity index (χ0n) is 14.9. The van der Waals surface area contributed by atoms with Gasteiger partial charge in [-0.2, -0.15) is 0 Å². The van der Waals surface area contributed by atoms with Crippen molar-refractivity contribution in [2.75, 3.05) is 25.5 Å². The van der Waals surface area contributed by atoms with Crippen LogP contribution in [0.5, 0.6) is 11.5 Å². The zero-order valence-corrected chi connectivity index (χ0v) is 14.9. The highest BCUT2D eigenvalue weighted by Gasteiger charge is 2.20. The van der Waals surface area contributed by atoms with E-state index in [2.05, 4.69) is 39.8 Å². The summed E-state index contributed by atoms with van der Waals surface area (Å²) < 4.78 is 5.00. The summed E-state index contributed by atoms with van der Waals surface area (Å²) in [7, 11) is 1.49. The lowest BCUT2D eigenvalue weighted by Gasteiger charge is -2.32. The van der Waals surface area contributed by atoms with E-state index >= 15 is 0 Å². The van der Waals surface area contributed by atoms with Crippen molar-refractivity contribution in [3.63, 3.8) is 0 Å². The second kappa shape index (κ2) is 8.58. The third-order valence-electron chi connectivity index (χ3n) is 4.61. The normalized spacial score (nSPS) is 15.4. The first-order valence-corrected chi connectivity index (χ1v) is 8.85. The summed E-state index contributed by atoms with van der Waals surface area (Å²) in [5.74, 6) is 0.376. The molecule has 0 saturated carbocycles. The topological polar surface area (TPSA) is 73.8 Å². The first kappa shape index (κ1) is 18.1. The molecule has 0 unspecified atom stereocenters. The molecule has 3 rings (SSSR count). The zero-order chi connectivity index (χ0) is 18.4. The molecule has 2 amide bonds. The van der Waals surface area contributed by atoms with E-state index in [4.69, 9.17) is 4.74 Å². The lowest BCUT2D eigenvalue weighted by atomic mass is 10.0. The van der Waals surface area contributed by atoms with E-state index in [9.17, 15) is 9.90 Å². The van der Waals surface area contributed by atoms with Gasteiger partial charge in [0.2, 0.25) is 0 Å². The van der Waals surface area contributed by atoms with E-state index in [1.807, 2.05) is 6.07 Å². The second-order valence-corrected chi connectivity index (χ2v) is 6.52.